The summed E-state index contributed by atoms with van der Waals surface area (Å²) >= 11 is 4.67. The van der Waals surface area contributed by atoms with Gasteiger partial charge in [-0.2, -0.15) is 0 Å². The summed E-state index contributed by atoms with van der Waals surface area (Å²) in [5.41, 5.74) is -2.47. The smallest absolute Gasteiger partial charge is 0.399 e. The first kappa shape index (κ1) is 20.6. The molecule has 3 heterocycles. The number of fused-ring (bicyclic) bond motifs is 1. The molecule has 2 aromatic rings. The molecule has 1 aromatic carbocycles. The van der Waals surface area contributed by atoms with Crippen molar-refractivity contribution in [3.63, 3.8) is 0 Å². The van der Waals surface area contributed by atoms with Crippen LogP contribution >= 0.6 is 20.8 Å². The first-order chi connectivity index (χ1) is 13.7. The van der Waals surface area contributed by atoms with Crippen molar-refractivity contribution in [2.24, 2.45) is 0 Å². The Labute approximate surface area is 170 Å². The van der Waals surface area contributed by atoms with Crippen molar-refractivity contribution in [3.05, 3.63) is 56.7 Å². The van der Waals surface area contributed by atoms with Crippen LogP contribution in [0.2, 0.25) is 0 Å². The van der Waals surface area contributed by atoms with Gasteiger partial charge >= 0.3 is 14.3 Å². The Morgan fingerprint density at radius 1 is 1.41 bits per heavy atom. The molecule has 0 amide bonds. The minimum Gasteiger partial charge on any atom is -0.426 e. The standard InChI is InChI=1S/C16H14BF2N2O6PS/c17-16(23,27-28-24-7-8-5-9(18)1-2-11(8)26-28)12-3-4-13(25-12)21-6-10(19)14(29)20-15(21)22/h1-2,5-6,12-13,23H,3-4,7H2,(H,20,22,29). The van der Waals surface area contributed by atoms with Crippen molar-refractivity contribution < 1.29 is 32.2 Å². The third-order valence-corrected chi connectivity index (χ3v) is 5.86. The number of hydrogen-bond acceptors (Lipinski definition) is 7. The van der Waals surface area contributed by atoms with Gasteiger partial charge in [0.2, 0.25) is 0 Å². The minimum atomic E-state index is -2.30. The predicted octanol–water partition coefficient (Wildman–Crippen LogP) is 2.53. The lowest BCUT2D eigenvalue weighted by molar-refractivity contribution is -0.172. The second kappa shape index (κ2) is 7.86. The van der Waals surface area contributed by atoms with E-state index in [0.717, 1.165) is 10.8 Å². The zero-order valence-electron chi connectivity index (χ0n) is 14.7. The van der Waals surface area contributed by atoms with E-state index in [2.05, 4.69) is 17.2 Å². The summed E-state index contributed by atoms with van der Waals surface area (Å²) in [5.74, 6) is -0.864. The summed E-state index contributed by atoms with van der Waals surface area (Å²) in [6, 6.07) is 3.91. The van der Waals surface area contributed by atoms with Gasteiger partial charge < -0.3 is 14.4 Å². The van der Waals surface area contributed by atoms with Crippen molar-refractivity contribution in [2.45, 2.75) is 37.5 Å². The molecule has 0 bridgehead atoms. The maximum absolute atomic E-state index is 13.7. The van der Waals surface area contributed by atoms with Crippen molar-refractivity contribution in [1.29, 1.82) is 0 Å². The Morgan fingerprint density at radius 2 is 2.21 bits per heavy atom. The van der Waals surface area contributed by atoms with Crippen LogP contribution in [0.4, 0.5) is 8.78 Å². The Morgan fingerprint density at radius 3 is 3.00 bits per heavy atom. The molecule has 4 unspecified atom stereocenters. The largest absolute Gasteiger partial charge is 0.426 e. The average Bonchev–Trinajstić information content (AvgIpc) is 3.15. The lowest BCUT2D eigenvalue weighted by atomic mass is 9.88. The highest BCUT2D eigenvalue weighted by atomic mass is 32.1. The van der Waals surface area contributed by atoms with Crippen LogP contribution in [0.15, 0.2) is 29.2 Å². The molecule has 0 spiro atoms. The first-order valence-corrected chi connectivity index (χ1v) is 9.99. The van der Waals surface area contributed by atoms with Crippen LogP contribution < -0.4 is 10.2 Å². The molecule has 1 fully saturated rings. The molecule has 1 saturated heterocycles. The Hall–Kier alpha value is -1.69. The van der Waals surface area contributed by atoms with Crippen LogP contribution in [0.5, 0.6) is 5.75 Å². The van der Waals surface area contributed by atoms with Gasteiger partial charge in [-0.3, -0.25) is 18.6 Å². The summed E-state index contributed by atoms with van der Waals surface area (Å²) in [6.45, 7) is 0.0148. The molecule has 8 nitrogen and oxygen atoms in total. The topological polar surface area (TPSA) is 94.9 Å². The lowest BCUT2D eigenvalue weighted by Gasteiger charge is -2.34. The molecule has 2 radical (unpaired) electrons. The first-order valence-electron chi connectivity index (χ1n) is 8.49. The molecule has 4 rings (SSSR count). The van der Waals surface area contributed by atoms with Gasteiger partial charge in [-0.1, -0.05) is 12.2 Å². The minimum absolute atomic E-state index is 0.0148. The van der Waals surface area contributed by atoms with Crippen molar-refractivity contribution in [3.8, 4) is 5.75 Å². The Kier molecular flexibility index (Phi) is 5.58. The average molecular weight is 442 g/mol. The third kappa shape index (κ3) is 4.28. The zero-order valence-corrected chi connectivity index (χ0v) is 16.4. The maximum atomic E-state index is 13.7. The normalized spacial score (nSPS) is 25.8. The van der Waals surface area contributed by atoms with Gasteiger partial charge in [0.05, 0.1) is 12.8 Å². The third-order valence-electron chi connectivity index (χ3n) is 4.43. The number of nitrogens with one attached hydrogen (secondary N) is 1. The number of rotatable bonds is 4. The van der Waals surface area contributed by atoms with Crippen LogP contribution in [0.3, 0.4) is 0 Å². The highest BCUT2D eigenvalue weighted by Gasteiger charge is 2.44. The predicted molar refractivity (Wildman–Crippen MR) is 99.5 cm³/mol. The number of H-pyrrole nitrogens is 1. The number of aliphatic hydroxyl groups is 1. The van der Waals surface area contributed by atoms with E-state index in [9.17, 15) is 18.7 Å². The van der Waals surface area contributed by atoms with E-state index >= 15 is 0 Å². The van der Waals surface area contributed by atoms with Gasteiger partial charge in [0.1, 0.15) is 28.5 Å². The molecular weight excluding hydrogens is 428 g/mol. The number of hydrogen-bond donors (Lipinski definition) is 2. The van der Waals surface area contributed by atoms with Crippen LogP contribution in [0.1, 0.15) is 24.6 Å². The Balaban J connectivity index is 1.44. The van der Waals surface area contributed by atoms with Gasteiger partial charge in [-0.15, -0.1) is 0 Å². The van der Waals surface area contributed by atoms with E-state index < -0.39 is 43.9 Å². The number of halogens is 2. The molecule has 0 aliphatic carbocycles. The molecule has 2 N–H and O–H groups in total. The van der Waals surface area contributed by atoms with Crippen LogP contribution in [0, 0.1) is 16.3 Å². The second-order valence-electron chi connectivity index (χ2n) is 6.48. The van der Waals surface area contributed by atoms with E-state index in [-0.39, 0.29) is 24.1 Å². The van der Waals surface area contributed by atoms with E-state index in [1.807, 2.05) is 0 Å². The summed E-state index contributed by atoms with van der Waals surface area (Å²) in [7, 11) is 3.77. The fourth-order valence-electron chi connectivity index (χ4n) is 3.01. The number of nitrogens with zero attached hydrogens (tertiary/aromatic N) is 1. The quantitative estimate of drug-likeness (QED) is 0.325. The Bertz CT molecular complexity index is 1050. The number of aromatic nitrogens is 2. The van der Waals surface area contributed by atoms with E-state index in [1.54, 1.807) is 0 Å². The van der Waals surface area contributed by atoms with Crippen molar-refractivity contribution in [2.75, 3.05) is 0 Å². The molecule has 0 saturated carbocycles. The highest BCUT2D eigenvalue weighted by Crippen LogP contribution is 2.50. The molecular formula is C16H14BF2N2O6PS. The summed E-state index contributed by atoms with van der Waals surface area (Å²) in [4.78, 5) is 14.2. The summed E-state index contributed by atoms with van der Waals surface area (Å²) in [6.07, 6.45) is -0.517. The van der Waals surface area contributed by atoms with Crippen LogP contribution in [0.25, 0.3) is 0 Å². The van der Waals surface area contributed by atoms with Gasteiger partial charge in [-0.05, 0) is 31.0 Å². The molecule has 1 aromatic heterocycles. The number of aromatic amines is 1. The summed E-state index contributed by atoms with van der Waals surface area (Å²) < 4.78 is 49.4. The molecule has 2 aliphatic rings. The van der Waals surface area contributed by atoms with E-state index in [4.69, 9.17) is 26.2 Å². The molecule has 152 valence electrons. The second-order valence-corrected chi connectivity index (χ2v) is 7.96. The number of benzene rings is 1. The monoisotopic (exact) mass is 442 g/mol. The van der Waals surface area contributed by atoms with Gasteiger partial charge in [0, 0.05) is 5.56 Å². The SMILES string of the molecule is [B]C(O)(OP1OCc2cc(F)ccc2O1)C1CCC(n2cc(F)c(=S)[nH]c2=O)O1. The molecule has 2 aliphatic heterocycles. The van der Waals surface area contributed by atoms with E-state index in [1.165, 1.54) is 18.2 Å². The van der Waals surface area contributed by atoms with Crippen LogP contribution in [-0.2, 0) is 20.4 Å². The van der Waals surface area contributed by atoms with Crippen molar-refractivity contribution in [1.82, 2.24) is 9.55 Å². The molecule has 29 heavy (non-hydrogen) atoms. The zero-order chi connectivity index (χ0) is 20.8. The number of ether oxygens (including phenoxy) is 1. The summed E-state index contributed by atoms with van der Waals surface area (Å²) in [5, 5.41) is 10.5. The molecule has 4 atom stereocenters. The molecule has 13 heteroatoms. The van der Waals surface area contributed by atoms with Crippen LogP contribution in [-0.4, -0.2) is 34.3 Å². The fraction of sp³-hybridized carbons (Fsp3) is 0.375. The van der Waals surface area contributed by atoms with Crippen molar-refractivity contribution >= 4 is 28.7 Å². The van der Waals surface area contributed by atoms with E-state index in [0.29, 0.717) is 11.3 Å². The fourth-order valence-corrected chi connectivity index (χ4v) is 4.23. The maximum Gasteiger partial charge on any atom is 0.399 e. The lowest BCUT2D eigenvalue weighted by Crippen LogP contribution is -2.45. The van der Waals surface area contributed by atoms with Gasteiger partial charge in [-0.25, -0.2) is 13.6 Å². The van der Waals surface area contributed by atoms with Gasteiger partial charge in [0.25, 0.3) is 0 Å². The van der Waals surface area contributed by atoms with Gasteiger partial charge in [0.15, 0.2) is 19.3 Å². The highest BCUT2D eigenvalue weighted by molar-refractivity contribution is 7.71.